The Labute approximate surface area is 137 Å². The molecule has 0 saturated heterocycles. The molecule has 1 rings (SSSR count). The van der Waals surface area contributed by atoms with Gasteiger partial charge in [0.15, 0.2) is 0 Å². The van der Waals surface area contributed by atoms with Crippen LogP contribution >= 0.6 is 11.6 Å². The zero-order chi connectivity index (χ0) is 16.4. The number of rotatable bonds is 9. The largest absolute Gasteiger partial charge is 0.356 e. The summed E-state index contributed by atoms with van der Waals surface area (Å²) in [5.74, 6) is 0.0522. The first kappa shape index (κ1) is 18.5. The Kier molecular flexibility index (Phi) is 8.60. The lowest BCUT2D eigenvalue weighted by Crippen LogP contribution is -2.28. The van der Waals surface area contributed by atoms with Crippen molar-refractivity contribution in [3.05, 3.63) is 34.9 Å². The quantitative estimate of drug-likeness (QED) is 0.682. The maximum atomic E-state index is 12.0. The molecule has 5 heteroatoms. The molecule has 0 heterocycles. The first-order valence-electron chi connectivity index (χ1n) is 7.82. The number of carbonyl (C=O) groups is 2. The van der Waals surface area contributed by atoms with E-state index in [0.29, 0.717) is 18.0 Å². The molecule has 1 aromatic carbocycles. The van der Waals surface area contributed by atoms with Gasteiger partial charge < -0.3 is 10.6 Å². The number of hydrogen-bond donors (Lipinski definition) is 2. The molecule has 22 heavy (non-hydrogen) atoms. The summed E-state index contributed by atoms with van der Waals surface area (Å²) in [6.45, 7) is 4.23. The van der Waals surface area contributed by atoms with Gasteiger partial charge in [0.2, 0.25) is 11.8 Å². The molecule has 0 aliphatic carbocycles. The van der Waals surface area contributed by atoms with Crippen LogP contribution in [-0.4, -0.2) is 18.4 Å². The number of hydrogen-bond acceptors (Lipinski definition) is 2. The number of benzene rings is 1. The minimum Gasteiger partial charge on any atom is -0.356 e. The lowest BCUT2D eigenvalue weighted by molar-refractivity contribution is -0.122. The normalized spacial score (nSPS) is 11.8. The number of halogens is 1. The van der Waals surface area contributed by atoms with Crippen LogP contribution < -0.4 is 10.6 Å². The van der Waals surface area contributed by atoms with Crippen molar-refractivity contribution < 1.29 is 9.59 Å². The SMILES string of the molecule is CCC(NC(=O)CCCCCNC(C)=O)c1cccc(Cl)c1. The highest BCUT2D eigenvalue weighted by atomic mass is 35.5. The minimum absolute atomic E-state index is 0.00517. The van der Waals surface area contributed by atoms with Crippen molar-refractivity contribution in [2.45, 2.75) is 52.0 Å². The number of nitrogens with one attached hydrogen (secondary N) is 2. The van der Waals surface area contributed by atoms with Gasteiger partial charge >= 0.3 is 0 Å². The van der Waals surface area contributed by atoms with Crippen molar-refractivity contribution >= 4 is 23.4 Å². The van der Waals surface area contributed by atoms with E-state index >= 15 is 0 Å². The van der Waals surface area contributed by atoms with Crippen molar-refractivity contribution in [3.63, 3.8) is 0 Å². The van der Waals surface area contributed by atoms with Crippen LogP contribution in [0.1, 0.15) is 57.6 Å². The van der Waals surface area contributed by atoms with Crippen LogP contribution in [0.2, 0.25) is 5.02 Å². The maximum Gasteiger partial charge on any atom is 0.220 e. The number of unbranched alkanes of at least 4 members (excludes halogenated alkanes) is 2. The number of amides is 2. The molecular weight excluding hydrogens is 300 g/mol. The molecule has 4 nitrogen and oxygen atoms in total. The summed E-state index contributed by atoms with van der Waals surface area (Å²) in [5.41, 5.74) is 1.04. The van der Waals surface area contributed by atoms with Crippen molar-refractivity contribution in [1.29, 1.82) is 0 Å². The molecule has 0 radical (unpaired) electrons. The summed E-state index contributed by atoms with van der Waals surface area (Å²) >= 11 is 5.99. The fraction of sp³-hybridized carbons (Fsp3) is 0.529. The van der Waals surface area contributed by atoms with Gasteiger partial charge in [0.05, 0.1) is 6.04 Å². The van der Waals surface area contributed by atoms with Gasteiger partial charge in [0, 0.05) is 24.9 Å². The monoisotopic (exact) mass is 324 g/mol. The average molecular weight is 325 g/mol. The van der Waals surface area contributed by atoms with Crippen LogP contribution in [0.3, 0.4) is 0 Å². The first-order valence-corrected chi connectivity index (χ1v) is 8.20. The van der Waals surface area contributed by atoms with E-state index in [0.717, 1.165) is 31.2 Å². The fourth-order valence-corrected chi connectivity index (χ4v) is 2.46. The van der Waals surface area contributed by atoms with Crippen LogP contribution in [0.4, 0.5) is 0 Å². The Morgan fingerprint density at radius 3 is 2.64 bits per heavy atom. The second-order valence-electron chi connectivity index (χ2n) is 5.38. The summed E-state index contributed by atoms with van der Waals surface area (Å²) in [6.07, 6.45) is 4.00. The van der Waals surface area contributed by atoms with E-state index in [-0.39, 0.29) is 17.9 Å². The van der Waals surface area contributed by atoms with Gasteiger partial charge in [-0.05, 0) is 37.0 Å². The Hall–Kier alpha value is -1.55. The molecule has 0 saturated carbocycles. The van der Waals surface area contributed by atoms with E-state index in [2.05, 4.69) is 10.6 Å². The van der Waals surface area contributed by atoms with Crippen molar-refractivity contribution in [3.8, 4) is 0 Å². The van der Waals surface area contributed by atoms with Gasteiger partial charge in [-0.1, -0.05) is 37.1 Å². The average Bonchev–Trinajstić information content (AvgIpc) is 2.48. The third-order valence-electron chi connectivity index (χ3n) is 3.45. The van der Waals surface area contributed by atoms with Crippen molar-refractivity contribution in [2.24, 2.45) is 0 Å². The molecule has 1 atom stereocenters. The van der Waals surface area contributed by atoms with Crippen LogP contribution in [0.25, 0.3) is 0 Å². The van der Waals surface area contributed by atoms with Crippen LogP contribution in [0.5, 0.6) is 0 Å². The number of carbonyl (C=O) groups excluding carboxylic acids is 2. The van der Waals surface area contributed by atoms with Gasteiger partial charge in [-0.15, -0.1) is 0 Å². The Morgan fingerprint density at radius 1 is 1.23 bits per heavy atom. The van der Waals surface area contributed by atoms with Gasteiger partial charge in [-0.2, -0.15) is 0 Å². The van der Waals surface area contributed by atoms with E-state index in [1.807, 2.05) is 31.2 Å². The highest BCUT2D eigenvalue weighted by Crippen LogP contribution is 2.20. The van der Waals surface area contributed by atoms with Crippen molar-refractivity contribution in [2.75, 3.05) is 6.54 Å². The van der Waals surface area contributed by atoms with E-state index in [9.17, 15) is 9.59 Å². The summed E-state index contributed by atoms with van der Waals surface area (Å²) < 4.78 is 0. The van der Waals surface area contributed by atoms with E-state index in [1.54, 1.807) is 0 Å². The molecule has 0 spiro atoms. The Balaban J connectivity index is 2.29. The second kappa shape index (κ2) is 10.2. The lowest BCUT2D eigenvalue weighted by Gasteiger charge is -2.17. The predicted molar refractivity (Wildman–Crippen MR) is 89.8 cm³/mol. The molecule has 2 amide bonds. The topological polar surface area (TPSA) is 58.2 Å². The molecule has 0 bridgehead atoms. The Morgan fingerprint density at radius 2 is 2.00 bits per heavy atom. The van der Waals surface area contributed by atoms with E-state index in [1.165, 1.54) is 6.92 Å². The third-order valence-corrected chi connectivity index (χ3v) is 3.68. The summed E-state index contributed by atoms with van der Waals surface area (Å²) in [7, 11) is 0. The molecule has 0 aliphatic rings. The second-order valence-corrected chi connectivity index (χ2v) is 5.81. The van der Waals surface area contributed by atoms with Crippen LogP contribution in [-0.2, 0) is 9.59 Å². The van der Waals surface area contributed by atoms with E-state index in [4.69, 9.17) is 11.6 Å². The summed E-state index contributed by atoms with van der Waals surface area (Å²) in [5, 5.41) is 6.49. The maximum absolute atomic E-state index is 12.0. The highest BCUT2D eigenvalue weighted by Gasteiger charge is 2.12. The lowest BCUT2D eigenvalue weighted by atomic mass is 10.0. The van der Waals surface area contributed by atoms with Crippen LogP contribution in [0, 0.1) is 0 Å². The predicted octanol–water partition coefficient (Wildman–Crippen LogP) is 3.60. The molecule has 0 fully saturated rings. The molecule has 122 valence electrons. The standard InChI is InChI=1S/C17H25ClN2O2/c1-3-16(14-8-7-9-15(18)12-14)20-17(22)10-5-4-6-11-19-13(2)21/h7-9,12,16H,3-6,10-11H2,1-2H3,(H,19,21)(H,20,22). The fourth-order valence-electron chi connectivity index (χ4n) is 2.26. The van der Waals surface area contributed by atoms with Gasteiger partial charge in [-0.3, -0.25) is 9.59 Å². The summed E-state index contributed by atoms with van der Waals surface area (Å²) in [6, 6.07) is 7.60. The van der Waals surface area contributed by atoms with Gasteiger partial charge in [0.25, 0.3) is 0 Å². The molecule has 0 aliphatic heterocycles. The molecule has 1 aromatic rings. The van der Waals surface area contributed by atoms with E-state index < -0.39 is 0 Å². The molecule has 2 N–H and O–H groups in total. The van der Waals surface area contributed by atoms with Crippen LogP contribution in [0.15, 0.2) is 24.3 Å². The smallest absolute Gasteiger partial charge is 0.220 e. The minimum atomic E-state index is -0.00921. The molecular formula is C17H25ClN2O2. The van der Waals surface area contributed by atoms with Gasteiger partial charge in [-0.25, -0.2) is 0 Å². The highest BCUT2D eigenvalue weighted by molar-refractivity contribution is 6.30. The van der Waals surface area contributed by atoms with Gasteiger partial charge in [0.1, 0.15) is 0 Å². The molecule has 0 aromatic heterocycles. The zero-order valence-electron chi connectivity index (χ0n) is 13.3. The Bertz CT molecular complexity index is 491. The molecule has 1 unspecified atom stereocenters. The van der Waals surface area contributed by atoms with Crippen molar-refractivity contribution in [1.82, 2.24) is 10.6 Å². The first-order chi connectivity index (χ1) is 10.5. The zero-order valence-corrected chi connectivity index (χ0v) is 14.1. The summed E-state index contributed by atoms with van der Waals surface area (Å²) in [4.78, 5) is 22.7. The third kappa shape index (κ3) is 7.46.